The molecule has 88 valence electrons. The molecule has 0 saturated heterocycles. The molecule has 0 spiro atoms. The first-order valence-electron chi connectivity index (χ1n) is 5.52. The molecule has 0 saturated carbocycles. The van der Waals surface area contributed by atoms with Crippen molar-refractivity contribution in [3.63, 3.8) is 0 Å². The van der Waals surface area contributed by atoms with Gasteiger partial charge in [0.15, 0.2) is 0 Å². The van der Waals surface area contributed by atoms with Crippen molar-refractivity contribution in [2.45, 2.75) is 12.5 Å². The number of hydrogen-bond acceptors (Lipinski definition) is 3. The summed E-state index contributed by atoms with van der Waals surface area (Å²) < 4.78 is 6.99. The normalized spacial score (nSPS) is 18.6. The fourth-order valence-corrected chi connectivity index (χ4v) is 2.46. The first kappa shape index (κ1) is 11.9. The van der Waals surface area contributed by atoms with Crippen LogP contribution in [0.2, 0.25) is 0 Å². The van der Waals surface area contributed by atoms with Gasteiger partial charge in [-0.2, -0.15) is 0 Å². The fraction of sp³-hybridized carbons (Fsp3) is 0.500. The third-order valence-electron chi connectivity index (χ3n) is 2.79. The van der Waals surface area contributed by atoms with Crippen LogP contribution in [-0.4, -0.2) is 37.7 Å². The van der Waals surface area contributed by atoms with Gasteiger partial charge in [-0.05, 0) is 30.8 Å². The Balaban J connectivity index is 1.95. The van der Waals surface area contributed by atoms with E-state index in [1.54, 1.807) is 0 Å². The van der Waals surface area contributed by atoms with Gasteiger partial charge in [0.05, 0.1) is 0 Å². The molecule has 3 nitrogen and oxygen atoms in total. The average Bonchev–Trinajstić information content (AvgIpc) is 2.59. The number of nitrogens with zero attached hydrogens (tertiary/aromatic N) is 1. The van der Waals surface area contributed by atoms with Crippen molar-refractivity contribution in [1.82, 2.24) is 4.90 Å². The molecule has 1 aromatic rings. The molecule has 1 aliphatic heterocycles. The largest absolute Gasteiger partial charge is 0.488 e. The maximum atomic E-state index is 5.88. The maximum Gasteiger partial charge on any atom is 0.123 e. The summed E-state index contributed by atoms with van der Waals surface area (Å²) in [6, 6.07) is 6.19. The number of benzene rings is 1. The van der Waals surface area contributed by atoms with E-state index in [-0.39, 0.29) is 6.10 Å². The monoisotopic (exact) mass is 284 g/mol. The highest BCUT2D eigenvalue weighted by atomic mass is 79.9. The van der Waals surface area contributed by atoms with Crippen molar-refractivity contribution < 1.29 is 4.74 Å². The molecule has 1 heterocycles. The van der Waals surface area contributed by atoms with Gasteiger partial charge in [0.25, 0.3) is 0 Å². The lowest BCUT2D eigenvalue weighted by molar-refractivity contribution is 0.171. The first-order chi connectivity index (χ1) is 7.69. The van der Waals surface area contributed by atoms with Gasteiger partial charge in [-0.15, -0.1) is 0 Å². The first-order valence-corrected chi connectivity index (χ1v) is 6.32. The van der Waals surface area contributed by atoms with Gasteiger partial charge in [-0.3, -0.25) is 0 Å². The number of ether oxygens (including phenoxy) is 1. The molecule has 0 radical (unpaired) electrons. The molecule has 2 N–H and O–H groups in total. The highest BCUT2D eigenvalue weighted by molar-refractivity contribution is 9.10. The minimum atomic E-state index is 0.265. The summed E-state index contributed by atoms with van der Waals surface area (Å²) >= 11 is 3.48. The summed E-state index contributed by atoms with van der Waals surface area (Å²) in [4.78, 5) is 2.21. The summed E-state index contributed by atoms with van der Waals surface area (Å²) in [7, 11) is 2.08. The molecule has 1 aromatic carbocycles. The van der Waals surface area contributed by atoms with Crippen LogP contribution in [-0.2, 0) is 6.42 Å². The summed E-state index contributed by atoms with van der Waals surface area (Å²) in [5, 5.41) is 0. The van der Waals surface area contributed by atoms with Crippen molar-refractivity contribution >= 4 is 15.9 Å². The van der Waals surface area contributed by atoms with E-state index in [9.17, 15) is 0 Å². The Hall–Kier alpha value is -0.580. The van der Waals surface area contributed by atoms with Gasteiger partial charge in [0.1, 0.15) is 11.9 Å². The van der Waals surface area contributed by atoms with Crippen LogP contribution in [0.1, 0.15) is 5.56 Å². The second-order valence-corrected chi connectivity index (χ2v) is 5.16. The number of nitrogens with two attached hydrogens (primary N) is 1. The molecule has 2 rings (SSSR count). The lowest BCUT2D eigenvalue weighted by atomic mass is 10.1. The van der Waals surface area contributed by atoms with Gasteiger partial charge >= 0.3 is 0 Å². The predicted octanol–water partition coefficient (Wildman–Crippen LogP) is 1.64. The van der Waals surface area contributed by atoms with Crippen molar-refractivity contribution in [2.75, 3.05) is 26.7 Å². The topological polar surface area (TPSA) is 38.5 Å². The van der Waals surface area contributed by atoms with Crippen LogP contribution in [0.4, 0.5) is 0 Å². The summed E-state index contributed by atoms with van der Waals surface area (Å²) in [6.07, 6.45) is 1.25. The Kier molecular flexibility index (Phi) is 3.84. The van der Waals surface area contributed by atoms with E-state index in [2.05, 4.69) is 33.9 Å². The molecule has 0 aromatic heterocycles. The Morgan fingerprint density at radius 3 is 3.12 bits per heavy atom. The van der Waals surface area contributed by atoms with Gasteiger partial charge in [0.2, 0.25) is 0 Å². The second-order valence-electron chi connectivity index (χ2n) is 4.25. The molecule has 4 heteroatoms. The second kappa shape index (κ2) is 5.17. The van der Waals surface area contributed by atoms with Gasteiger partial charge < -0.3 is 15.4 Å². The van der Waals surface area contributed by atoms with Gasteiger partial charge in [0, 0.05) is 30.5 Å². The molecular weight excluding hydrogens is 268 g/mol. The number of fused-ring (bicyclic) bond motifs is 1. The van der Waals surface area contributed by atoms with Crippen molar-refractivity contribution in [3.8, 4) is 5.75 Å². The van der Waals surface area contributed by atoms with E-state index in [4.69, 9.17) is 10.5 Å². The highest BCUT2D eigenvalue weighted by Crippen LogP contribution is 2.31. The van der Waals surface area contributed by atoms with Crippen molar-refractivity contribution in [2.24, 2.45) is 5.73 Å². The number of hydrogen-bond donors (Lipinski definition) is 1. The third kappa shape index (κ3) is 2.75. The highest BCUT2D eigenvalue weighted by Gasteiger charge is 2.23. The van der Waals surface area contributed by atoms with Crippen LogP contribution in [0, 0.1) is 0 Å². The van der Waals surface area contributed by atoms with E-state index >= 15 is 0 Å². The smallest absolute Gasteiger partial charge is 0.123 e. The summed E-state index contributed by atoms with van der Waals surface area (Å²) in [6.45, 7) is 2.55. The van der Waals surface area contributed by atoms with Crippen molar-refractivity contribution in [1.29, 1.82) is 0 Å². The van der Waals surface area contributed by atoms with Gasteiger partial charge in [-0.25, -0.2) is 0 Å². The molecule has 1 aliphatic rings. The van der Waals surface area contributed by atoms with Crippen LogP contribution >= 0.6 is 15.9 Å². The molecule has 0 aliphatic carbocycles. The van der Waals surface area contributed by atoms with E-state index in [1.807, 2.05) is 12.1 Å². The van der Waals surface area contributed by atoms with Crippen molar-refractivity contribution in [3.05, 3.63) is 28.2 Å². The molecule has 0 amide bonds. The predicted molar refractivity (Wildman–Crippen MR) is 68.8 cm³/mol. The van der Waals surface area contributed by atoms with Crippen LogP contribution < -0.4 is 10.5 Å². The van der Waals surface area contributed by atoms with E-state index in [1.165, 1.54) is 5.56 Å². The average molecular weight is 285 g/mol. The fourth-order valence-electron chi connectivity index (χ4n) is 2.05. The van der Waals surface area contributed by atoms with Crippen LogP contribution in [0.3, 0.4) is 0 Å². The molecule has 1 atom stereocenters. The minimum Gasteiger partial charge on any atom is -0.488 e. The zero-order valence-electron chi connectivity index (χ0n) is 9.45. The SMILES string of the molecule is CN(CCN)CC1Cc2cc(Br)ccc2O1. The molecule has 0 bridgehead atoms. The van der Waals surface area contributed by atoms with Crippen LogP contribution in [0.5, 0.6) is 5.75 Å². The molecule has 16 heavy (non-hydrogen) atoms. The minimum absolute atomic E-state index is 0.265. The summed E-state index contributed by atoms with van der Waals surface area (Å²) in [5.74, 6) is 1.02. The molecule has 0 fully saturated rings. The van der Waals surface area contributed by atoms with E-state index < -0.39 is 0 Å². The number of rotatable bonds is 4. The lowest BCUT2D eigenvalue weighted by Crippen LogP contribution is -2.35. The van der Waals surface area contributed by atoms with E-state index in [0.29, 0.717) is 6.54 Å². The third-order valence-corrected chi connectivity index (χ3v) is 3.28. The Morgan fingerprint density at radius 2 is 2.38 bits per heavy atom. The Labute approximate surface area is 105 Å². The summed E-state index contributed by atoms with van der Waals surface area (Å²) in [5.41, 5.74) is 6.81. The van der Waals surface area contributed by atoms with Crippen LogP contribution in [0.15, 0.2) is 22.7 Å². The Bertz CT molecular complexity index is 370. The molecule has 1 unspecified atom stereocenters. The number of halogens is 1. The molecular formula is C12H17BrN2O. The van der Waals surface area contributed by atoms with Gasteiger partial charge in [-0.1, -0.05) is 15.9 Å². The Morgan fingerprint density at radius 1 is 1.56 bits per heavy atom. The zero-order chi connectivity index (χ0) is 11.5. The standard InChI is InChI=1S/C12H17BrN2O/c1-15(5-4-14)8-11-7-9-6-10(13)2-3-12(9)16-11/h2-3,6,11H,4-5,7-8,14H2,1H3. The zero-order valence-corrected chi connectivity index (χ0v) is 11.0. The number of likely N-dealkylation sites (N-methyl/N-ethyl adjacent to an activating group) is 1. The lowest BCUT2D eigenvalue weighted by Gasteiger charge is -2.19. The van der Waals surface area contributed by atoms with E-state index in [0.717, 1.165) is 29.7 Å². The maximum absolute atomic E-state index is 5.88. The van der Waals surface area contributed by atoms with Crippen LogP contribution in [0.25, 0.3) is 0 Å². The quantitative estimate of drug-likeness (QED) is 0.914.